The van der Waals surface area contributed by atoms with E-state index in [-0.39, 0.29) is 18.9 Å². The molecule has 1 rings (SSSR count). The lowest BCUT2D eigenvalue weighted by molar-refractivity contribution is -0.147. The van der Waals surface area contributed by atoms with Crippen molar-refractivity contribution in [1.82, 2.24) is 15.5 Å². The Morgan fingerprint density at radius 1 is 1.10 bits per heavy atom. The number of carboxylic acids is 1. The lowest BCUT2D eigenvalue weighted by Gasteiger charge is -2.30. The van der Waals surface area contributed by atoms with Crippen molar-refractivity contribution in [2.45, 2.75) is 39.5 Å². The van der Waals surface area contributed by atoms with Crippen molar-refractivity contribution < 1.29 is 19.5 Å². The first-order valence-corrected chi connectivity index (χ1v) is 9.57. The van der Waals surface area contributed by atoms with E-state index in [2.05, 4.69) is 10.6 Å². The maximum Gasteiger partial charge on any atom is 0.324 e. The molecule has 0 radical (unpaired) electrons. The average molecular weight is 405 g/mol. The molecule has 0 atom stereocenters. The summed E-state index contributed by atoms with van der Waals surface area (Å²) in [6.07, 6.45) is 1.46. The zero-order valence-corrected chi connectivity index (χ0v) is 17.0. The maximum absolute atomic E-state index is 12.9. The Hall–Kier alpha value is -3.10. The molecule has 0 heterocycles. The van der Waals surface area contributed by atoms with Gasteiger partial charge in [0.15, 0.2) is 5.96 Å². The van der Waals surface area contributed by atoms with Gasteiger partial charge in [-0.2, -0.15) is 0 Å². The van der Waals surface area contributed by atoms with Crippen LogP contribution in [0.2, 0.25) is 0 Å². The number of carboxylic acid groups (broad SMARTS) is 1. The fraction of sp³-hybridized carbons (Fsp3) is 0.500. The highest BCUT2D eigenvalue weighted by atomic mass is 16.4. The van der Waals surface area contributed by atoms with Crippen LogP contribution in [-0.2, 0) is 16.0 Å². The van der Waals surface area contributed by atoms with Crippen molar-refractivity contribution in [2.75, 3.05) is 19.6 Å². The van der Waals surface area contributed by atoms with Gasteiger partial charge in [0.2, 0.25) is 5.91 Å². The van der Waals surface area contributed by atoms with Gasteiger partial charge in [-0.05, 0) is 24.8 Å². The number of imide groups is 1. The van der Waals surface area contributed by atoms with Crippen LogP contribution in [0.25, 0.3) is 0 Å². The number of nitrogens with two attached hydrogens (primary N) is 1. The second-order valence-electron chi connectivity index (χ2n) is 7.43. The second-order valence-corrected chi connectivity index (χ2v) is 7.43. The van der Waals surface area contributed by atoms with E-state index in [1.165, 1.54) is 13.8 Å². The van der Waals surface area contributed by atoms with Gasteiger partial charge >= 0.3 is 12.0 Å². The van der Waals surface area contributed by atoms with E-state index < -0.39 is 23.3 Å². The Balaban J connectivity index is 2.72. The van der Waals surface area contributed by atoms with Crippen molar-refractivity contribution >= 4 is 23.9 Å². The SMILES string of the molecule is CC(C)(CC(=O)O)C(=O)N(CCc1ccccc1)C(=O)NCCCCNC(=N)N. The molecule has 0 aliphatic heterocycles. The summed E-state index contributed by atoms with van der Waals surface area (Å²) >= 11 is 0. The lowest BCUT2D eigenvalue weighted by atomic mass is 9.87. The van der Waals surface area contributed by atoms with Gasteiger partial charge in [-0.25, -0.2) is 4.79 Å². The number of hydrogen-bond donors (Lipinski definition) is 5. The number of nitrogens with one attached hydrogen (secondary N) is 3. The minimum atomic E-state index is -1.20. The fourth-order valence-electron chi connectivity index (χ4n) is 2.76. The van der Waals surface area contributed by atoms with Crippen LogP contribution in [0.4, 0.5) is 4.79 Å². The summed E-state index contributed by atoms with van der Waals surface area (Å²) < 4.78 is 0. The monoisotopic (exact) mass is 405 g/mol. The molecule has 3 amide bonds. The van der Waals surface area contributed by atoms with E-state index in [1.807, 2.05) is 30.3 Å². The van der Waals surface area contributed by atoms with Gasteiger partial charge in [-0.1, -0.05) is 44.2 Å². The molecule has 29 heavy (non-hydrogen) atoms. The molecule has 0 fully saturated rings. The molecule has 0 saturated carbocycles. The molecule has 6 N–H and O–H groups in total. The summed E-state index contributed by atoms with van der Waals surface area (Å²) in [4.78, 5) is 37.8. The number of carbonyl (C=O) groups excluding carboxylic acids is 2. The molecule has 9 heteroatoms. The van der Waals surface area contributed by atoms with Crippen molar-refractivity contribution in [3.05, 3.63) is 35.9 Å². The molecule has 0 spiro atoms. The summed E-state index contributed by atoms with van der Waals surface area (Å²) in [7, 11) is 0. The number of aliphatic carboxylic acids is 1. The number of amides is 3. The number of urea groups is 1. The van der Waals surface area contributed by atoms with Gasteiger partial charge in [0, 0.05) is 19.6 Å². The Kier molecular flexibility index (Phi) is 9.64. The predicted octanol–water partition coefficient (Wildman–Crippen LogP) is 1.53. The topological polar surface area (TPSA) is 149 Å². The number of benzene rings is 1. The van der Waals surface area contributed by atoms with E-state index >= 15 is 0 Å². The third-order valence-electron chi connectivity index (χ3n) is 4.32. The summed E-state index contributed by atoms with van der Waals surface area (Å²) in [6.45, 7) is 4.09. The lowest BCUT2D eigenvalue weighted by Crippen LogP contribution is -2.50. The first-order chi connectivity index (χ1) is 13.6. The largest absolute Gasteiger partial charge is 0.481 e. The van der Waals surface area contributed by atoms with E-state index in [9.17, 15) is 14.4 Å². The van der Waals surface area contributed by atoms with Crippen LogP contribution in [0.5, 0.6) is 0 Å². The van der Waals surface area contributed by atoms with E-state index in [0.717, 1.165) is 10.5 Å². The molecule has 1 aromatic rings. The molecular weight excluding hydrogens is 374 g/mol. The number of unbranched alkanes of at least 4 members (excludes halogenated alkanes) is 1. The minimum absolute atomic E-state index is 0.104. The molecule has 0 unspecified atom stereocenters. The highest BCUT2D eigenvalue weighted by molar-refractivity contribution is 5.98. The molecule has 9 nitrogen and oxygen atoms in total. The van der Waals surface area contributed by atoms with E-state index in [4.69, 9.17) is 16.2 Å². The van der Waals surface area contributed by atoms with Gasteiger partial charge in [0.1, 0.15) is 0 Å². The van der Waals surface area contributed by atoms with Gasteiger partial charge in [0.25, 0.3) is 0 Å². The molecule has 1 aromatic carbocycles. The Labute approximate surface area is 171 Å². The highest BCUT2D eigenvalue weighted by Gasteiger charge is 2.36. The summed E-state index contributed by atoms with van der Waals surface area (Å²) in [6, 6.07) is 8.92. The van der Waals surface area contributed by atoms with Gasteiger partial charge in [0.05, 0.1) is 11.8 Å². The Morgan fingerprint density at radius 2 is 1.69 bits per heavy atom. The van der Waals surface area contributed by atoms with Crippen LogP contribution in [0.1, 0.15) is 38.7 Å². The van der Waals surface area contributed by atoms with Gasteiger partial charge in [-0.3, -0.25) is 19.9 Å². The number of nitrogens with zero attached hydrogens (tertiary/aromatic N) is 1. The molecule has 0 aliphatic carbocycles. The third-order valence-corrected chi connectivity index (χ3v) is 4.32. The van der Waals surface area contributed by atoms with Crippen molar-refractivity contribution in [2.24, 2.45) is 11.1 Å². The Morgan fingerprint density at radius 3 is 2.24 bits per heavy atom. The number of guanidine groups is 1. The summed E-state index contributed by atoms with van der Waals surface area (Å²) in [5, 5.41) is 21.6. The molecule has 0 saturated heterocycles. The quantitative estimate of drug-likeness (QED) is 0.214. The highest BCUT2D eigenvalue weighted by Crippen LogP contribution is 2.24. The van der Waals surface area contributed by atoms with Crippen LogP contribution in [0.3, 0.4) is 0 Å². The number of rotatable bonds is 11. The maximum atomic E-state index is 12.9. The van der Waals surface area contributed by atoms with Crippen LogP contribution in [0.15, 0.2) is 30.3 Å². The standard InChI is InChI=1S/C20H31N5O4/c1-20(2,14-16(26)27)17(28)25(13-10-15-8-4-3-5-9-15)19(29)24-12-7-6-11-23-18(21)22/h3-5,8-9H,6-7,10-14H2,1-2H3,(H,24,29)(H,26,27)(H4,21,22,23). The molecule has 160 valence electrons. The Bertz CT molecular complexity index is 706. The summed E-state index contributed by atoms with van der Waals surface area (Å²) in [5.41, 5.74) is 4.97. The third kappa shape index (κ3) is 9.09. The first-order valence-electron chi connectivity index (χ1n) is 9.57. The zero-order chi connectivity index (χ0) is 21.9. The average Bonchev–Trinajstić information content (AvgIpc) is 2.64. The predicted molar refractivity (Wildman–Crippen MR) is 110 cm³/mol. The summed E-state index contributed by atoms with van der Waals surface area (Å²) in [5.74, 6) is -1.72. The van der Waals surface area contributed by atoms with Gasteiger partial charge in [-0.15, -0.1) is 0 Å². The zero-order valence-electron chi connectivity index (χ0n) is 17.0. The normalized spacial score (nSPS) is 10.8. The fourth-order valence-corrected chi connectivity index (χ4v) is 2.76. The number of carbonyl (C=O) groups is 3. The van der Waals surface area contributed by atoms with Crippen molar-refractivity contribution in [3.63, 3.8) is 0 Å². The van der Waals surface area contributed by atoms with Crippen LogP contribution >= 0.6 is 0 Å². The smallest absolute Gasteiger partial charge is 0.324 e. The molecule has 0 bridgehead atoms. The van der Waals surface area contributed by atoms with Crippen molar-refractivity contribution in [1.29, 1.82) is 5.41 Å². The molecule has 0 aromatic heterocycles. The van der Waals surface area contributed by atoms with Crippen LogP contribution in [-0.4, -0.2) is 53.5 Å². The van der Waals surface area contributed by atoms with E-state index in [1.54, 1.807) is 0 Å². The van der Waals surface area contributed by atoms with Crippen LogP contribution in [0, 0.1) is 10.8 Å². The van der Waals surface area contributed by atoms with E-state index in [0.29, 0.717) is 32.4 Å². The number of hydrogen-bond acceptors (Lipinski definition) is 4. The second kappa shape index (κ2) is 11.7. The molecule has 0 aliphatic rings. The van der Waals surface area contributed by atoms with Crippen LogP contribution < -0.4 is 16.4 Å². The first kappa shape index (κ1) is 23.9. The van der Waals surface area contributed by atoms with Crippen molar-refractivity contribution in [3.8, 4) is 0 Å². The minimum Gasteiger partial charge on any atom is -0.481 e. The molecular formula is C20H31N5O4. The van der Waals surface area contributed by atoms with Gasteiger partial charge < -0.3 is 21.5 Å².